The van der Waals surface area contributed by atoms with E-state index in [0.717, 1.165) is 126 Å². The summed E-state index contributed by atoms with van der Waals surface area (Å²) in [6, 6.07) is 94.7. The maximum absolute atomic E-state index is 13.7. The van der Waals surface area contributed by atoms with Gasteiger partial charge < -0.3 is 9.13 Å². The minimum Gasteiger partial charge on any atom is -0.309 e. The second-order valence-electron chi connectivity index (χ2n) is 23.8. The van der Waals surface area contributed by atoms with Crippen molar-refractivity contribution in [1.82, 2.24) is 38.6 Å². The second-order valence-corrected chi connectivity index (χ2v) is 23.8. The predicted molar refractivity (Wildman–Crippen MR) is 381 cm³/mol. The maximum atomic E-state index is 13.7. The number of para-hydroxylation sites is 4. The fraction of sp³-hybridized carbons (Fsp3) is 0.0119. The first-order valence-electron chi connectivity index (χ1n) is 31.2. The minimum absolute atomic E-state index is 0.239. The fourth-order valence-corrected chi connectivity index (χ4v) is 14.4. The van der Waals surface area contributed by atoms with Gasteiger partial charge in [0, 0.05) is 108 Å². The SMILES string of the molecule is Cc1ccnc2c1c(-c1cccc3c1c1ccccc1n3-c1ccccc1)cc1cc3c4ccccc4n(-c4nc(-c5ccccc5)cc(-c5ccccc5)n4)c3cc12.Fc1ccc(-n2c3ccccc3c3cc4cc(-c5cccnc5)c5cnccc5c4cc32)cc1. The van der Waals surface area contributed by atoms with Crippen LogP contribution < -0.4 is 0 Å². The average molecular weight is 1190 g/mol. The monoisotopic (exact) mass is 1190 g/mol. The molecule has 0 bridgehead atoms. The van der Waals surface area contributed by atoms with Crippen LogP contribution in [0.3, 0.4) is 0 Å². The summed E-state index contributed by atoms with van der Waals surface area (Å²) in [5, 5.41) is 15.0. The third-order valence-electron chi connectivity index (χ3n) is 18.5. The van der Waals surface area contributed by atoms with E-state index in [4.69, 9.17) is 15.0 Å². The van der Waals surface area contributed by atoms with Crippen LogP contribution in [0.15, 0.2) is 304 Å². The van der Waals surface area contributed by atoms with Gasteiger partial charge in [-0.1, -0.05) is 152 Å². The zero-order chi connectivity index (χ0) is 61.7. The molecule has 0 spiro atoms. The van der Waals surface area contributed by atoms with Crippen molar-refractivity contribution in [3.63, 3.8) is 0 Å². The van der Waals surface area contributed by atoms with E-state index in [0.29, 0.717) is 5.95 Å². The zero-order valence-electron chi connectivity index (χ0n) is 50.3. The Morgan fingerprint density at radius 2 is 0.860 bits per heavy atom. The van der Waals surface area contributed by atoms with E-state index in [1.54, 1.807) is 6.20 Å². The van der Waals surface area contributed by atoms with Gasteiger partial charge >= 0.3 is 0 Å². The maximum Gasteiger partial charge on any atom is 0.235 e. The summed E-state index contributed by atoms with van der Waals surface area (Å²) in [5.74, 6) is 0.388. The van der Waals surface area contributed by atoms with Crippen LogP contribution in [0.4, 0.5) is 4.39 Å². The molecule has 0 atom stereocenters. The van der Waals surface area contributed by atoms with Gasteiger partial charge in [0.25, 0.3) is 0 Å². The molecule has 0 amide bonds. The Labute approximate surface area is 533 Å². The third kappa shape index (κ3) is 8.77. The normalized spacial score (nSPS) is 11.8. The zero-order valence-corrected chi connectivity index (χ0v) is 50.3. The largest absolute Gasteiger partial charge is 0.309 e. The van der Waals surface area contributed by atoms with Gasteiger partial charge in [0.1, 0.15) is 5.82 Å². The van der Waals surface area contributed by atoms with Crippen LogP contribution in [-0.4, -0.2) is 38.6 Å². The third-order valence-corrected chi connectivity index (χ3v) is 18.5. The van der Waals surface area contributed by atoms with Gasteiger partial charge in [-0.3, -0.25) is 19.5 Å². The summed E-state index contributed by atoms with van der Waals surface area (Å²) in [6.07, 6.45) is 9.40. The van der Waals surface area contributed by atoms with Gasteiger partial charge in [-0.2, -0.15) is 0 Å². The standard InChI is InChI=1S/C54H35N5.C30H18FN3/c1-34-28-29-55-53-42-32-50-43(39-22-11-13-25-47(39)59(50)54-56-45(35-16-5-2-6-17-35)33-46(57-54)36-18-7-3-8-19-36)30-37(42)31-44(51(34)53)40-24-15-27-49-52(40)41-23-12-14-26-48(41)58(49)38-20-9-4-10-21-38;31-21-7-9-22(10-8-21)34-29-6-2-1-5-24(29)27-15-20-14-25(19-4-3-12-32-17-19)28-18-33-13-11-23(28)26(20)16-30(27)34/h2-33H,1H3;1-18H. The molecule has 0 aliphatic rings. The van der Waals surface area contributed by atoms with Crippen molar-refractivity contribution in [3.8, 4) is 62.1 Å². The number of hydrogen-bond acceptors (Lipinski definition) is 5. The van der Waals surface area contributed by atoms with Crippen LogP contribution in [0.5, 0.6) is 0 Å². The number of halogens is 1. The van der Waals surface area contributed by atoms with Crippen molar-refractivity contribution in [1.29, 1.82) is 0 Å². The number of aromatic nitrogens is 8. The summed E-state index contributed by atoms with van der Waals surface area (Å²) in [4.78, 5) is 24.5. The van der Waals surface area contributed by atoms with E-state index in [-0.39, 0.29) is 5.82 Å². The number of rotatable bonds is 7. The number of hydrogen-bond donors (Lipinski definition) is 0. The number of nitrogens with zero attached hydrogens (tertiary/aromatic N) is 8. The highest BCUT2D eigenvalue weighted by Crippen LogP contribution is 2.46. The van der Waals surface area contributed by atoms with Gasteiger partial charge in [-0.05, 0) is 172 Å². The highest BCUT2D eigenvalue weighted by atomic mass is 19.1. The minimum atomic E-state index is -0.239. The fourth-order valence-electron chi connectivity index (χ4n) is 14.4. The molecule has 7 heterocycles. The van der Waals surface area contributed by atoms with Crippen molar-refractivity contribution < 1.29 is 4.39 Å². The van der Waals surface area contributed by atoms with E-state index >= 15 is 0 Å². The Bertz CT molecular complexity index is 6120. The molecular formula is C84H53FN8. The highest BCUT2D eigenvalue weighted by molar-refractivity contribution is 6.24. The molecule has 0 saturated carbocycles. The van der Waals surface area contributed by atoms with Crippen molar-refractivity contribution in [2.75, 3.05) is 0 Å². The van der Waals surface area contributed by atoms with Gasteiger partial charge in [0.2, 0.25) is 5.95 Å². The van der Waals surface area contributed by atoms with E-state index in [1.807, 2.05) is 61.2 Å². The topological polar surface area (TPSA) is 79.2 Å². The molecule has 0 aliphatic carbocycles. The van der Waals surface area contributed by atoms with E-state index < -0.39 is 0 Å². The van der Waals surface area contributed by atoms with Gasteiger partial charge in [-0.25, -0.2) is 14.4 Å². The number of benzene rings is 12. The van der Waals surface area contributed by atoms with Crippen LogP contribution in [0.2, 0.25) is 0 Å². The second kappa shape index (κ2) is 21.7. The molecule has 7 aromatic heterocycles. The Morgan fingerprint density at radius 3 is 1.55 bits per heavy atom. The van der Waals surface area contributed by atoms with Crippen LogP contribution in [0.25, 0.3) is 171 Å². The van der Waals surface area contributed by atoms with Crippen LogP contribution in [0.1, 0.15) is 5.56 Å². The van der Waals surface area contributed by atoms with Gasteiger partial charge in [0.05, 0.1) is 50.0 Å². The number of fused-ring (bicyclic) bond motifs is 15. The van der Waals surface area contributed by atoms with E-state index in [9.17, 15) is 4.39 Å². The van der Waals surface area contributed by atoms with Crippen LogP contribution in [-0.2, 0) is 0 Å². The molecule has 436 valence electrons. The first-order chi connectivity index (χ1) is 46.0. The quantitative estimate of drug-likeness (QED) is 0.149. The lowest BCUT2D eigenvalue weighted by Crippen LogP contribution is -2.04. The molecule has 19 aromatic rings. The van der Waals surface area contributed by atoms with Crippen molar-refractivity contribution in [2.45, 2.75) is 6.92 Å². The molecule has 93 heavy (non-hydrogen) atoms. The number of aryl methyl sites for hydroxylation is 1. The Kier molecular flexibility index (Phi) is 12.5. The lowest BCUT2D eigenvalue weighted by atomic mass is 9.90. The first kappa shape index (κ1) is 53.6. The molecule has 0 aliphatic heterocycles. The average Bonchev–Trinajstić information content (AvgIpc) is 1.68. The summed E-state index contributed by atoms with van der Waals surface area (Å²) < 4.78 is 20.5. The molecule has 0 N–H and O–H groups in total. The Hall–Kier alpha value is -12.5. The molecule has 0 fully saturated rings. The lowest BCUT2D eigenvalue weighted by Gasteiger charge is -2.15. The first-order valence-corrected chi connectivity index (χ1v) is 31.2. The van der Waals surface area contributed by atoms with Crippen LogP contribution >= 0.6 is 0 Å². The van der Waals surface area contributed by atoms with Gasteiger partial charge in [0.15, 0.2) is 0 Å². The molecule has 19 rings (SSSR count). The predicted octanol–water partition coefficient (Wildman–Crippen LogP) is 21.4. The van der Waals surface area contributed by atoms with Gasteiger partial charge in [-0.15, -0.1) is 0 Å². The molecule has 0 saturated heterocycles. The smallest absolute Gasteiger partial charge is 0.235 e. The lowest BCUT2D eigenvalue weighted by molar-refractivity contribution is 0.627. The molecule has 9 heteroatoms. The number of pyridine rings is 3. The molecule has 8 nitrogen and oxygen atoms in total. The van der Waals surface area contributed by atoms with Crippen LogP contribution in [0, 0.1) is 12.7 Å². The van der Waals surface area contributed by atoms with E-state index in [2.05, 4.69) is 255 Å². The van der Waals surface area contributed by atoms with E-state index in [1.165, 1.54) is 56.0 Å². The summed E-state index contributed by atoms with van der Waals surface area (Å²) in [6.45, 7) is 2.20. The Morgan fingerprint density at radius 1 is 0.312 bits per heavy atom. The summed E-state index contributed by atoms with van der Waals surface area (Å²) >= 11 is 0. The van der Waals surface area contributed by atoms with Crippen molar-refractivity contribution in [3.05, 3.63) is 315 Å². The molecule has 0 radical (unpaired) electrons. The molecule has 12 aromatic carbocycles. The summed E-state index contributed by atoms with van der Waals surface area (Å²) in [7, 11) is 0. The van der Waals surface area contributed by atoms with Crippen molar-refractivity contribution >= 4 is 109 Å². The molecule has 0 unspecified atom stereocenters. The molecular weight excluding hydrogens is 1140 g/mol. The highest BCUT2D eigenvalue weighted by Gasteiger charge is 2.24. The Balaban J connectivity index is 0.000000158. The summed E-state index contributed by atoms with van der Waals surface area (Å²) in [5.41, 5.74) is 19.2. The van der Waals surface area contributed by atoms with Crippen molar-refractivity contribution in [2.24, 2.45) is 0 Å².